The van der Waals surface area contributed by atoms with Gasteiger partial charge in [0.1, 0.15) is 5.75 Å². The smallest absolute Gasteiger partial charge is 0.371 e. The van der Waals surface area contributed by atoms with Crippen LogP contribution in [0, 0.1) is 6.92 Å². The van der Waals surface area contributed by atoms with E-state index >= 15 is 0 Å². The molecule has 0 aromatic heterocycles. The summed E-state index contributed by atoms with van der Waals surface area (Å²) >= 11 is 0. The summed E-state index contributed by atoms with van der Waals surface area (Å²) in [5, 5.41) is 12.5. The number of rotatable bonds is 11. The van der Waals surface area contributed by atoms with Crippen LogP contribution in [0.1, 0.15) is 34.0 Å². The van der Waals surface area contributed by atoms with Crippen molar-refractivity contribution < 1.29 is 24.2 Å². The highest BCUT2D eigenvalue weighted by atomic mass is 16.5. The van der Waals surface area contributed by atoms with Crippen LogP contribution in [0.2, 0.25) is 0 Å². The lowest BCUT2D eigenvalue weighted by atomic mass is 9.97. The van der Waals surface area contributed by atoms with Crippen LogP contribution in [-0.4, -0.2) is 37.1 Å². The minimum Gasteiger partial charge on any atom is -0.497 e. The Bertz CT molecular complexity index is 1180. The molecular formula is C28H29NO5. The minimum absolute atomic E-state index is 0.0195. The molecule has 3 rings (SSSR count). The molecule has 0 saturated heterocycles. The Kier molecular flexibility index (Phi) is 8.60. The van der Waals surface area contributed by atoms with E-state index in [1.807, 2.05) is 43.3 Å². The summed E-state index contributed by atoms with van der Waals surface area (Å²) in [4.78, 5) is 23.7. The number of carbonyl (C=O) groups excluding carboxylic acids is 1. The first-order chi connectivity index (χ1) is 16.4. The summed E-state index contributed by atoms with van der Waals surface area (Å²) in [7, 11) is 1.59. The van der Waals surface area contributed by atoms with E-state index in [9.17, 15) is 14.7 Å². The molecule has 2 N–H and O–H groups in total. The predicted molar refractivity (Wildman–Crippen MR) is 133 cm³/mol. The Morgan fingerprint density at radius 1 is 1.03 bits per heavy atom. The number of nitrogens with one attached hydrogen (secondary N) is 1. The zero-order chi connectivity index (χ0) is 24.5. The van der Waals surface area contributed by atoms with Gasteiger partial charge in [-0.1, -0.05) is 36.4 Å². The number of aliphatic carboxylic acids is 1. The van der Waals surface area contributed by atoms with Gasteiger partial charge in [-0.2, -0.15) is 0 Å². The number of ether oxygens (including phenoxy) is 2. The number of benzene rings is 3. The molecule has 6 heteroatoms. The van der Waals surface area contributed by atoms with Crippen LogP contribution in [0.3, 0.4) is 0 Å². The third kappa shape index (κ3) is 6.56. The van der Waals surface area contributed by atoms with Gasteiger partial charge in [0, 0.05) is 12.1 Å². The number of aryl methyl sites for hydroxylation is 1. The van der Waals surface area contributed by atoms with Gasteiger partial charge >= 0.3 is 5.97 Å². The van der Waals surface area contributed by atoms with Crippen molar-refractivity contribution in [2.75, 3.05) is 20.3 Å². The van der Waals surface area contributed by atoms with Crippen molar-refractivity contribution in [2.45, 2.75) is 20.4 Å². The molecule has 0 aliphatic carbocycles. The lowest BCUT2D eigenvalue weighted by molar-refractivity contribution is -0.136. The summed E-state index contributed by atoms with van der Waals surface area (Å²) in [6, 6.07) is 21.0. The fourth-order valence-corrected chi connectivity index (χ4v) is 3.62. The standard InChI is InChI=1S/C28H29NO5/c1-4-34-27(28(31)32)16-20-8-13-25(19(2)14-20)23-7-5-6-21(15-23)17-29-18-26(30)22-9-11-24(33-3)12-10-22/h5-16,29H,4,17-18H2,1-3H3,(H,31,32)/b27-16+. The van der Waals surface area contributed by atoms with Crippen LogP contribution >= 0.6 is 0 Å². The van der Waals surface area contributed by atoms with Gasteiger partial charge in [0.2, 0.25) is 5.76 Å². The Labute approximate surface area is 199 Å². The van der Waals surface area contributed by atoms with Crippen LogP contribution in [0.5, 0.6) is 5.75 Å². The third-order valence-corrected chi connectivity index (χ3v) is 5.32. The molecule has 3 aromatic carbocycles. The Hall–Kier alpha value is -3.90. The minimum atomic E-state index is -1.09. The number of hydrogen-bond donors (Lipinski definition) is 2. The van der Waals surface area contributed by atoms with Gasteiger partial charge in [0.15, 0.2) is 5.78 Å². The Morgan fingerprint density at radius 3 is 2.44 bits per heavy atom. The lowest BCUT2D eigenvalue weighted by Crippen LogP contribution is -2.22. The van der Waals surface area contributed by atoms with E-state index in [-0.39, 0.29) is 18.1 Å². The van der Waals surface area contributed by atoms with Gasteiger partial charge in [0.05, 0.1) is 20.3 Å². The molecule has 0 bridgehead atoms. The summed E-state index contributed by atoms with van der Waals surface area (Å²) in [6.45, 7) is 4.84. The van der Waals surface area contributed by atoms with Crippen LogP contribution in [0.4, 0.5) is 0 Å². The molecule has 0 aliphatic heterocycles. The second-order valence-corrected chi connectivity index (χ2v) is 7.78. The van der Waals surface area contributed by atoms with E-state index in [0.717, 1.165) is 33.6 Å². The van der Waals surface area contributed by atoms with E-state index in [1.165, 1.54) is 6.08 Å². The van der Waals surface area contributed by atoms with Gasteiger partial charge < -0.3 is 19.9 Å². The van der Waals surface area contributed by atoms with Crippen LogP contribution in [0.15, 0.2) is 72.5 Å². The monoisotopic (exact) mass is 459 g/mol. The highest BCUT2D eigenvalue weighted by Gasteiger charge is 2.10. The molecule has 0 radical (unpaired) electrons. The van der Waals surface area contributed by atoms with E-state index < -0.39 is 5.97 Å². The molecule has 0 unspecified atom stereocenters. The number of methoxy groups -OCH3 is 1. The summed E-state index contributed by atoms with van der Waals surface area (Å²) in [5.74, 6) is -0.426. The van der Waals surface area contributed by atoms with Gasteiger partial charge in [-0.05, 0) is 78.1 Å². The molecule has 3 aromatic rings. The lowest BCUT2D eigenvalue weighted by Gasteiger charge is -2.11. The number of hydrogen-bond acceptors (Lipinski definition) is 5. The van der Waals surface area contributed by atoms with E-state index in [1.54, 1.807) is 38.3 Å². The molecule has 0 fully saturated rings. The molecule has 0 spiro atoms. The topological polar surface area (TPSA) is 84.9 Å². The summed E-state index contributed by atoms with van der Waals surface area (Å²) in [5.41, 5.74) is 5.60. The van der Waals surface area contributed by atoms with Crippen molar-refractivity contribution in [3.8, 4) is 16.9 Å². The number of ketones is 1. The molecule has 6 nitrogen and oxygen atoms in total. The van der Waals surface area contributed by atoms with Gasteiger partial charge in [-0.3, -0.25) is 4.79 Å². The van der Waals surface area contributed by atoms with Gasteiger partial charge in [-0.25, -0.2) is 4.79 Å². The Balaban J connectivity index is 1.67. The zero-order valence-electron chi connectivity index (χ0n) is 19.6. The zero-order valence-corrected chi connectivity index (χ0v) is 19.6. The first-order valence-electron chi connectivity index (χ1n) is 11.1. The molecule has 0 saturated carbocycles. The number of carboxylic acid groups (broad SMARTS) is 1. The molecule has 34 heavy (non-hydrogen) atoms. The Morgan fingerprint density at radius 2 is 1.79 bits per heavy atom. The maximum Gasteiger partial charge on any atom is 0.371 e. The van der Waals surface area contributed by atoms with Crippen LogP contribution in [-0.2, 0) is 16.1 Å². The first-order valence-corrected chi connectivity index (χ1v) is 11.1. The maximum absolute atomic E-state index is 12.4. The molecular weight excluding hydrogens is 430 g/mol. The normalized spacial score (nSPS) is 11.2. The number of carboxylic acids is 1. The fourth-order valence-electron chi connectivity index (χ4n) is 3.62. The van der Waals surface area contributed by atoms with Crippen molar-refractivity contribution in [1.29, 1.82) is 0 Å². The number of Topliss-reactive ketones (excluding diaryl/α,β-unsaturated/α-hetero) is 1. The summed E-state index contributed by atoms with van der Waals surface area (Å²) < 4.78 is 10.3. The van der Waals surface area contributed by atoms with Gasteiger partial charge in [0.25, 0.3) is 0 Å². The molecule has 0 aliphatic rings. The average molecular weight is 460 g/mol. The SMILES string of the molecule is CCO/C(=C/c1ccc(-c2cccc(CNCC(=O)c3ccc(OC)cc3)c2)c(C)c1)C(=O)O. The molecule has 0 amide bonds. The molecule has 0 heterocycles. The van der Waals surface area contributed by atoms with Crippen molar-refractivity contribution >= 4 is 17.8 Å². The predicted octanol–water partition coefficient (Wildman–Crippen LogP) is 5.11. The molecule has 0 atom stereocenters. The van der Waals surface area contributed by atoms with Crippen molar-refractivity contribution in [3.63, 3.8) is 0 Å². The average Bonchev–Trinajstić information content (AvgIpc) is 2.84. The van der Waals surface area contributed by atoms with Crippen LogP contribution in [0.25, 0.3) is 17.2 Å². The second-order valence-electron chi connectivity index (χ2n) is 7.78. The second kappa shape index (κ2) is 11.8. The largest absolute Gasteiger partial charge is 0.497 e. The highest BCUT2D eigenvalue weighted by Crippen LogP contribution is 2.26. The fraction of sp³-hybridized carbons (Fsp3) is 0.214. The van der Waals surface area contributed by atoms with E-state index in [2.05, 4.69) is 11.4 Å². The first kappa shape index (κ1) is 24.7. The quantitative estimate of drug-likeness (QED) is 0.236. The third-order valence-electron chi connectivity index (χ3n) is 5.32. The maximum atomic E-state index is 12.4. The van der Waals surface area contributed by atoms with Crippen molar-refractivity contribution in [3.05, 3.63) is 94.7 Å². The highest BCUT2D eigenvalue weighted by molar-refractivity contribution is 5.97. The van der Waals surface area contributed by atoms with Crippen molar-refractivity contribution in [1.82, 2.24) is 5.32 Å². The van der Waals surface area contributed by atoms with Gasteiger partial charge in [-0.15, -0.1) is 0 Å². The number of carbonyl (C=O) groups is 2. The molecule has 176 valence electrons. The van der Waals surface area contributed by atoms with E-state index in [0.29, 0.717) is 18.7 Å². The van der Waals surface area contributed by atoms with Crippen LogP contribution < -0.4 is 10.1 Å². The van der Waals surface area contributed by atoms with Crippen molar-refractivity contribution in [2.24, 2.45) is 0 Å². The van der Waals surface area contributed by atoms with E-state index in [4.69, 9.17) is 9.47 Å². The summed E-state index contributed by atoms with van der Waals surface area (Å²) in [6.07, 6.45) is 1.53.